The standard InChI is InChI=1S/C18H17N3O4S2/c1-9-8-10(2)20-18-14(9)15(19)17(26-18)16(23)12-4-6-13(7-5-12)27(24,25)21-11(3)22/h4-8H,19H2,1-3H3,(H,21,22). The maximum Gasteiger partial charge on any atom is 0.264 e. The van der Waals surface area contributed by atoms with Gasteiger partial charge in [0.15, 0.2) is 0 Å². The molecule has 2 heterocycles. The molecule has 1 amide bonds. The van der Waals surface area contributed by atoms with E-state index in [1.807, 2.05) is 24.6 Å². The molecule has 140 valence electrons. The van der Waals surface area contributed by atoms with E-state index in [9.17, 15) is 18.0 Å². The topological polar surface area (TPSA) is 119 Å². The Hall–Kier alpha value is -2.78. The molecule has 27 heavy (non-hydrogen) atoms. The van der Waals surface area contributed by atoms with Crippen molar-refractivity contribution in [3.05, 3.63) is 52.0 Å². The van der Waals surface area contributed by atoms with Gasteiger partial charge in [-0.1, -0.05) is 0 Å². The van der Waals surface area contributed by atoms with Crippen LogP contribution < -0.4 is 10.5 Å². The van der Waals surface area contributed by atoms with Crippen LogP contribution in [0.3, 0.4) is 0 Å². The van der Waals surface area contributed by atoms with E-state index in [2.05, 4.69) is 4.98 Å². The number of nitrogens with two attached hydrogens (primary N) is 1. The lowest BCUT2D eigenvalue weighted by atomic mass is 10.1. The van der Waals surface area contributed by atoms with Gasteiger partial charge in [0.2, 0.25) is 11.7 Å². The number of carbonyl (C=O) groups excluding carboxylic acids is 2. The van der Waals surface area contributed by atoms with Gasteiger partial charge in [-0.15, -0.1) is 11.3 Å². The molecule has 0 atom stereocenters. The highest BCUT2D eigenvalue weighted by molar-refractivity contribution is 7.90. The number of aryl methyl sites for hydroxylation is 2. The fourth-order valence-electron chi connectivity index (χ4n) is 2.80. The molecule has 1 aromatic carbocycles. The lowest BCUT2D eigenvalue weighted by Gasteiger charge is -2.06. The largest absolute Gasteiger partial charge is 0.397 e. The predicted octanol–water partition coefficient (Wildman–Crippen LogP) is 2.55. The van der Waals surface area contributed by atoms with E-state index in [1.165, 1.54) is 35.6 Å². The summed E-state index contributed by atoms with van der Waals surface area (Å²) in [6.07, 6.45) is 0. The van der Waals surface area contributed by atoms with Crippen molar-refractivity contribution in [3.8, 4) is 0 Å². The Morgan fingerprint density at radius 3 is 2.37 bits per heavy atom. The summed E-state index contributed by atoms with van der Waals surface area (Å²) in [5.74, 6) is -0.998. The first-order chi connectivity index (χ1) is 12.6. The van der Waals surface area contributed by atoms with Crippen LogP contribution >= 0.6 is 11.3 Å². The quantitative estimate of drug-likeness (QED) is 0.646. The maximum absolute atomic E-state index is 12.9. The highest BCUT2D eigenvalue weighted by Crippen LogP contribution is 2.36. The molecule has 0 spiro atoms. The van der Waals surface area contributed by atoms with Gasteiger partial charge < -0.3 is 5.73 Å². The zero-order valence-electron chi connectivity index (χ0n) is 14.9. The number of rotatable bonds is 4. The van der Waals surface area contributed by atoms with Gasteiger partial charge in [0.25, 0.3) is 10.0 Å². The van der Waals surface area contributed by atoms with Crippen molar-refractivity contribution < 1.29 is 18.0 Å². The van der Waals surface area contributed by atoms with Crippen molar-refractivity contribution in [1.82, 2.24) is 9.71 Å². The second-order valence-electron chi connectivity index (χ2n) is 6.12. The molecular weight excluding hydrogens is 386 g/mol. The molecular formula is C18H17N3O4S2. The van der Waals surface area contributed by atoms with E-state index in [4.69, 9.17) is 5.73 Å². The van der Waals surface area contributed by atoms with Gasteiger partial charge in [-0.25, -0.2) is 18.1 Å². The van der Waals surface area contributed by atoms with Crippen LogP contribution in [0, 0.1) is 13.8 Å². The highest BCUT2D eigenvalue weighted by Gasteiger charge is 2.21. The molecule has 0 saturated carbocycles. The number of hydrogen-bond acceptors (Lipinski definition) is 7. The molecule has 0 unspecified atom stereocenters. The molecule has 0 aliphatic heterocycles. The van der Waals surface area contributed by atoms with Crippen LogP contribution in [0.15, 0.2) is 35.2 Å². The predicted molar refractivity (Wildman–Crippen MR) is 104 cm³/mol. The van der Waals surface area contributed by atoms with E-state index in [-0.39, 0.29) is 10.7 Å². The van der Waals surface area contributed by atoms with Crippen LogP contribution in [0.2, 0.25) is 0 Å². The summed E-state index contributed by atoms with van der Waals surface area (Å²) < 4.78 is 25.9. The Labute approximate surface area is 160 Å². The number of pyridine rings is 1. The van der Waals surface area contributed by atoms with E-state index in [0.717, 1.165) is 23.6 Å². The lowest BCUT2D eigenvalue weighted by Crippen LogP contribution is -2.28. The number of thiophene rings is 1. The van der Waals surface area contributed by atoms with Crippen LogP contribution in [0.1, 0.15) is 33.4 Å². The molecule has 0 aliphatic carbocycles. The summed E-state index contributed by atoms with van der Waals surface area (Å²) in [5, 5.41) is 0.763. The number of aromatic nitrogens is 1. The van der Waals surface area contributed by atoms with Gasteiger partial charge in [0.1, 0.15) is 9.71 Å². The first-order valence-corrected chi connectivity index (χ1v) is 10.2. The van der Waals surface area contributed by atoms with Crippen molar-refractivity contribution in [3.63, 3.8) is 0 Å². The summed E-state index contributed by atoms with van der Waals surface area (Å²) >= 11 is 1.21. The fourth-order valence-corrected chi connectivity index (χ4v) is 4.97. The Bertz CT molecular complexity index is 1180. The van der Waals surface area contributed by atoms with Gasteiger partial charge >= 0.3 is 0 Å². The molecule has 9 heteroatoms. The zero-order valence-corrected chi connectivity index (χ0v) is 16.5. The number of fused-ring (bicyclic) bond motifs is 1. The number of ketones is 1. The second kappa shape index (κ2) is 6.75. The Morgan fingerprint density at radius 2 is 1.78 bits per heavy atom. The van der Waals surface area contributed by atoms with Crippen LogP contribution in [0.25, 0.3) is 10.2 Å². The summed E-state index contributed by atoms with van der Waals surface area (Å²) in [4.78, 5) is 29.2. The molecule has 2 aromatic heterocycles. The molecule has 3 rings (SSSR count). The number of benzene rings is 1. The third kappa shape index (κ3) is 3.56. The zero-order chi connectivity index (χ0) is 19.9. The second-order valence-corrected chi connectivity index (χ2v) is 8.80. The van der Waals surface area contributed by atoms with E-state index >= 15 is 0 Å². The maximum atomic E-state index is 12.9. The summed E-state index contributed by atoms with van der Waals surface area (Å²) in [6, 6.07) is 7.24. The monoisotopic (exact) mass is 403 g/mol. The molecule has 0 saturated heterocycles. The normalized spacial score (nSPS) is 11.5. The SMILES string of the molecule is CC(=O)NS(=O)(=O)c1ccc(C(=O)c2sc3nc(C)cc(C)c3c2N)cc1. The fraction of sp³-hybridized carbons (Fsp3) is 0.167. The average molecular weight is 403 g/mol. The number of hydrogen-bond donors (Lipinski definition) is 2. The van der Waals surface area contributed by atoms with E-state index in [0.29, 0.717) is 21.0 Å². The number of amides is 1. The van der Waals surface area contributed by atoms with Crippen molar-refractivity contribution in [2.45, 2.75) is 25.7 Å². The summed E-state index contributed by atoms with van der Waals surface area (Å²) in [5.41, 5.74) is 8.65. The third-order valence-corrected chi connectivity index (χ3v) is 6.48. The first-order valence-electron chi connectivity index (χ1n) is 7.94. The van der Waals surface area contributed by atoms with Crippen molar-refractivity contribution in [1.29, 1.82) is 0 Å². The van der Waals surface area contributed by atoms with Crippen LogP contribution in [0.4, 0.5) is 5.69 Å². The van der Waals surface area contributed by atoms with Crippen LogP contribution in [-0.2, 0) is 14.8 Å². The van der Waals surface area contributed by atoms with E-state index < -0.39 is 15.9 Å². The number of nitrogen functional groups attached to an aromatic ring is 1. The van der Waals surface area contributed by atoms with E-state index in [1.54, 1.807) is 0 Å². The Balaban J connectivity index is 2.00. The van der Waals surface area contributed by atoms with Crippen molar-refractivity contribution in [2.24, 2.45) is 0 Å². The lowest BCUT2D eigenvalue weighted by molar-refractivity contribution is -0.117. The minimum absolute atomic E-state index is 0.105. The molecule has 0 radical (unpaired) electrons. The number of nitrogens with one attached hydrogen (secondary N) is 1. The van der Waals surface area contributed by atoms with Gasteiger partial charge in [-0.2, -0.15) is 0 Å². The first kappa shape index (κ1) is 19.0. The highest BCUT2D eigenvalue weighted by atomic mass is 32.2. The Morgan fingerprint density at radius 1 is 1.15 bits per heavy atom. The molecule has 3 N–H and O–H groups in total. The number of nitrogens with zero attached hydrogens (tertiary/aromatic N) is 1. The van der Waals surface area contributed by atoms with Gasteiger partial charge in [-0.05, 0) is 49.7 Å². The van der Waals surface area contributed by atoms with Crippen LogP contribution in [-0.4, -0.2) is 25.1 Å². The van der Waals surface area contributed by atoms with Crippen LogP contribution in [0.5, 0.6) is 0 Å². The van der Waals surface area contributed by atoms with Gasteiger partial charge in [0, 0.05) is 23.6 Å². The molecule has 7 nitrogen and oxygen atoms in total. The number of sulfonamides is 1. The smallest absolute Gasteiger partial charge is 0.264 e. The van der Waals surface area contributed by atoms with Gasteiger partial charge in [0.05, 0.1) is 10.6 Å². The molecule has 0 bridgehead atoms. The minimum atomic E-state index is -3.95. The molecule has 3 aromatic rings. The van der Waals surface area contributed by atoms with Crippen molar-refractivity contribution >= 4 is 49.0 Å². The number of carbonyl (C=O) groups is 2. The van der Waals surface area contributed by atoms with Crippen molar-refractivity contribution in [2.75, 3.05) is 5.73 Å². The Kier molecular flexibility index (Phi) is 4.75. The molecule has 0 aliphatic rings. The summed E-state index contributed by atoms with van der Waals surface area (Å²) in [7, 11) is -3.95. The third-order valence-electron chi connectivity index (χ3n) is 3.94. The summed E-state index contributed by atoms with van der Waals surface area (Å²) in [6.45, 7) is 4.89. The number of anilines is 1. The minimum Gasteiger partial charge on any atom is -0.397 e. The molecule has 0 fully saturated rings. The van der Waals surface area contributed by atoms with Gasteiger partial charge in [-0.3, -0.25) is 9.59 Å². The average Bonchev–Trinajstić information content (AvgIpc) is 2.90.